The lowest BCUT2D eigenvalue weighted by Gasteiger charge is -2.15. The van der Waals surface area contributed by atoms with Crippen molar-refractivity contribution in [2.45, 2.75) is 32.4 Å². The van der Waals surface area contributed by atoms with E-state index in [-0.39, 0.29) is 12.6 Å². The summed E-state index contributed by atoms with van der Waals surface area (Å²) in [7, 11) is 1.66. The van der Waals surface area contributed by atoms with Gasteiger partial charge in [0.1, 0.15) is 12.6 Å². The predicted molar refractivity (Wildman–Crippen MR) is 103 cm³/mol. The molecule has 2 rings (SSSR count). The summed E-state index contributed by atoms with van der Waals surface area (Å²) < 4.78 is 12.4. The number of methoxy groups -OCH3 is 1. The average Bonchev–Trinajstić information content (AvgIpc) is 2.64. The second-order valence-electron chi connectivity index (χ2n) is 5.97. The Labute approximate surface area is 158 Å². The molecule has 25 heavy (non-hydrogen) atoms. The number of hydrogen-bond donors (Lipinski definition) is 2. The number of aliphatic hydroxyl groups excluding tert-OH is 1. The minimum Gasteiger partial charge on any atom is -0.493 e. The molecular formula is C20H27BrNO3+. The number of hydrogen-bond acceptors (Lipinski definition) is 3. The molecule has 0 aliphatic heterocycles. The van der Waals surface area contributed by atoms with E-state index in [1.54, 1.807) is 7.11 Å². The standard InChI is InChI=1S/C20H26BrNO3/c1-3-17(14-23)22-13-16-11-19(24-2)20(12-18(16)21)25-10-9-15-7-5-4-6-8-15/h4-8,11-12,17,22-23H,3,9-10,13-14H2,1-2H3/p+1/t17-/m1/s1. The van der Waals surface area contributed by atoms with Crippen LogP contribution < -0.4 is 14.8 Å². The Morgan fingerprint density at radius 3 is 2.56 bits per heavy atom. The topological polar surface area (TPSA) is 55.3 Å². The maximum absolute atomic E-state index is 9.32. The minimum atomic E-state index is 0.186. The summed E-state index contributed by atoms with van der Waals surface area (Å²) in [5, 5.41) is 11.5. The van der Waals surface area contributed by atoms with Crippen molar-refractivity contribution in [1.29, 1.82) is 0 Å². The highest BCUT2D eigenvalue weighted by molar-refractivity contribution is 9.10. The van der Waals surface area contributed by atoms with Gasteiger partial charge >= 0.3 is 0 Å². The lowest BCUT2D eigenvalue weighted by molar-refractivity contribution is -0.706. The molecule has 0 radical (unpaired) electrons. The van der Waals surface area contributed by atoms with Crippen molar-refractivity contribution in [2.24, 2.45) is 0 Å². The van der Waals surface area contributed by atoms with Crippen molar-refractivity contribution in [3.05, 3.63) is 58.1 Å². The van der Waals surface area contributed by atoms with Crippen molar-refractivity contribution in [3.8, 4) is 11.5 Å². The SMILES string of the molecule is CC[C@H](CO)[NH2+]Cc1cc(OC)c(OCCc2ccccc2)cc1Br. The molecule has 2 aromatic carbocycles. The van der Waals surface area contributed by atoms with Crippen LogP contribution in [0.25, 0.3) is 0 Å². The number of benzene rings is 2. The normalized spacial score (nSPS) is 12.0. The zero-order chi connectivity index (χ0) is 18.1. The fourth-order valence-electron chi connectivity index (χ4n) is 2.59. The summed E-state index contributed by atoms with van der Waals surface area (Å²) >= 11 is 3.62. The van der Waals surface area contributed by atoms with Crippen LogP contribution in [0.1, 0.15) is 24.5 Å². The lowest BCUT2D eigenvalue weighted by atomic mass is 10.1. The number of aliphatic hydroxyl groups is 1. The highest BCUT2D eigenvalue weighted by atomic mass is 79.9. The Kier molecular flexibility index (Phi) is 8.25. The van der Waals surface area contributed by atoms with Crippen molar-refractivity contribution in [2.75, 3.05) is 20.3 Å². The van der Waals surface area contributed by atoms with Gasteiger partial charge in [-0.3, -0.25) is 0 Å². The molecule has 0 fully saturated rings. The van der Waals surface area contributed by atoms with E-state index in [0.29, 0.717) is 6.61 Å². The average molecular weight is 409 g/mol. The van der Waals surface area contributed by atoms with Crippen LogP contribution in [-0.2, 0) is 13.0 Å². The summed E-state index contributed by atoms with van der Waals surface area (Å²) in [6.07, 6.45) is 1.79. The van der Waals surface area contributed by atoms with Gasteiger partial charge in [0.15, 0.2) is 11.5 Å². The molecule has 5 heteroatoms. The molecule has 0 aliphatic rings. The molecule has 4 nitrogen and oxygen atoms in total. The highest BCUT2D eigenvalue weighted by Gasteiger charge is 2.14. The van der Waals surface area contributed by atoms with Gasteiger partial charge in [-0.25, -0.2) is 0 Å². The second kappa shape index (κ2) is 10.4. The summed E-state index contributed by atoms with van der Waals surface area (Å²) in [6, 6.07) is 14.5. The van der Waals surface area contributed by atoms with Crippen LogP contribution in [0, 0.1) is 0 Å². The maximum Gasteiger partial charge on any atom is 0.162 e. The largest absolute Gasteiger partial charge is 0.493 e. The van der Waals surface area contributed by atoms with Crippen LogP contribution in [0.3, 0.4) is 0 Å². The van der Waals surface area contributed by atoms with E-state index in [1.165, 1.54) is 5.56 Å². The van der Waals surface area contributed by atoms with Gasteiger partial charge < -0.3 is 19.9 Å². The van der Waals surface area contributed by atoms with Crippen LogP contribution >= 0.6 is 15.9 Å². The Hall–Kier alpha value is -1.56. The molecule has 0 unspecified atom stereocenters. The van der Waals surface area contributed by atoms with E-state index in [0.717, 1.165) is 40.9 Å². The van der Waals surface area contributed by atoms with Gasteiger partial charge in [0.25, 0.3) is 0 Å². The van der Waals surface area contributed by atoms with Crippen molar-refractivity contribution in [3.63, 3.8) is 0 Å². The van der Waals surface area contributed by atoms with Gasteiger partial charge in [0, 0.05) is 16.5 Å². The first-order valence-electron chi connectivity index (χ1n) is 8.65. The van der Waals surface area contributed by atoms with E-state index in [4.69, 9.17) is 9.47 Å². The van der Waals surface area contributed by atoms with Crippen LogP contribution in [0.5, 0.6) is 11.5 Å². The third-order valence-corrected chi connectivity index (χ3v) is 4.99. The maximum atomic E-state index is 9.32. The van der Waals surface area contributed by atoms with Crippen LogP contribution in [0.2, 0.25) is 0 Å². The van der Waals surface area contributed by atoms with Crippen LogP contribution in [0.4, 0.5) is 0 Å². The summed E-state index contributed by atoms with van der Waals surface area (Å²) in [4.78, 5) is 0. The molecule has 0 saturated carbocycles. The van der Waals surface area contributed by atoms with E-state index in [1.807, 2.05) is 30.3 Å². The molecule has 0 saturated heterocycles. The molecule has 136 valence electrons. The molecule has 3 N–H and O–H groups in total. The number of quaternary nitrogens is 1. The van der Waals surface area contributed by atoms with Crippen molar-refractivity contribution in [1.82, 2.24) is 0 Å². The fraction of sp³-hybridized carbons (Fsp3) is 0.400. The lowest BCUT2D eigenvalue weighted by Crippen LogP contribution is -2.89. The van der Waals surface area contributed by atoms with Crippen molar-refractivity contribution < 1.29 is 19.9 Å². The fourth-order valence-corrected chi connectivity index (χ4v) is 3.08. The Morgan fingerprint density at radius 1 is 1.16 bits per heavy atom. The van der Waals surface area contributed by atoms with Crippen LogP contribution in [0.15, 0.2) is 46.9 Å². The first-order valence-corrected chi connectivity index (χ1v) is 9.44. The molecule has 0 aromatic heterocycles. The van der Waals surface area contributed by atoms with Gasteiger partial charge in [-0.1, -0.05) is 53.2 Å². The summed E-state index contributed by atoms with van der Waals surface area (Å²) in [6.45, 7) is 3.64. The molecule has 0 amide bonds. The number of halogens is 1. The Bertz CT molecular complexity index is 645. The molecule has 0 aliphatic carbocycles. The second-order valence-corrected chi connectivity index (χ2v) is 6.82. The number of rotatable bonds is 10. The monoisotopic (exact) mass is 408 g/mol. The smallest absolute Gasteiger partial charge is 0.162 e. The van der Waals surface area contributed by atoms with E-state index >= 15 is 0 Å². The number of ether oxygens (including phenoxy) is 2. The van der Waals surface area contributed by atoms with Crippen LogP contribution in [-0.4, -0.2) is 31.5 Å². The highest BCUT2D eigenvalue weighted by Crippen LogP contribution is 2.33. The Balaban J connectivity index is 2.00. The molecule has 0 heterocycles. The first-order chi connectivity index (χ1) is 12.2. The molecule has 0 spiro atoms. The minimum absolute atomic E-state index is 0.186. The predicted octanol–water partition coefficient (Wildman–Crippen LogP) is 2.91. The van der Waals surface area contributed by atoms with E-state index in [2.05, 4.69) is 40.3 Å². The third-order valence-electron chi connectivity index (χ3n) is 4.25. The van der Waals surface area contributed by atoms with E-state index in [9.17, 15) is 5.11 Å². The molecule has 0 bridgehead atoms. The zero-order valence-corrected chi connectivity index (χ0v) is 16.5. The van der Waals surface area contributed by atoms with Gasteiger partial charge in [0.2, 0.25) is 0 Å². The molecular weight excluding hydrogens is 382 g/mol. The summed E-state index contributed by atoms with van der Waals surface area (Å²) in [5.41, 5.74) is 2.38. The molecule has 1 atom stereocenters. The quantitative estimate of drug-likeness (QED) is 0.635. The van der Waals surface area contributed by atoms with Gasteiger partial charge in [-0.2, -0.15) is 0 Å². The van der Waals surface area contributed by atoms with Gasteiger partial charge in [-0.15, -0.1) is 0 Å². The van der Waals surface area contributed by atoms with Gasteiger partial charge in [0.05, 0.1) is 20.3 Å². The molecule has 2 aromatic rings. The van der Waals surface area contributed by atoms with Gasteiger partial charge in [-0.05, 0) is 24.1 Å². The zero-order valence-electron chi connectivity index (χ0n) is 14.9. The third kappa shape index (κ3) is 6.03. The van der Waals surface area contributed by atoms with Crippen molar-refractivity contribution >= 4 is 15.9 Å². The van der Waals surface area contributed by atoms with E-state index < -0.39 is 0 Å². The number of nitrogens with two attached hydrogens (primary N) is 1. The first kappa shape index (κ1) is 19.8. The Morgan fingerprint density at radius 2 is 1.92 bits per heavy atom. The summed E-state index contributed by atoms with van der Waals surface area (Å²) in [5.74, 6) is 1.47.